The van der Waals surface area contributed by atoms with Crippen molar-refractivity contribution in [1.82, 2.24) is 5.32 Å². The summed E-state index contributed by atoms with van der Waals surface area (Å²) >= 11 is 0. The lowest BCUT2D eigenvalue weighted by atomic mass is 10.0. The number of ether oxygens (including phenoxy) is 1. The minimum atomic E-state index is -0.480. The van der Waals surface area contributed by atoms with Crippen molar-refractivity contribution in [1.29, 1.82) is 0 Å². The lowest BCUT2D eigenvalue weighted by Crippen LogP contribution is -2.36. The van der Waals surface area contributed by atoms with E-state index in [1.807, 2.05) is 26.0 Å². The molecule has 0 saturated carbocycles. The molecule has 1 aromatic rings. The quantitative estimate of drug-likeness (QED) is 0.732. The van der Waals surface area contributed by atoms with E-state index in [1.165, 1.54) is 12.0 Å². The largest absolute Gasteiger partial charge is 0.491 e. The summed E-state index contributed by atoms with van der Waals surface area (Å²) in [5, 5.41) is 13.4. The summed E-state index contributed by atoms with van der Waals surface area (Å²) in [6, 6.07) is 6.56. The van der Waals surface area contributed by atoms with Gasteiger partial charge in [0.25, 0.3) is 0 Å². The number of aliphatic hydroxyl groups excluding tert-OH is 1. The van der Waals surface area contributed by atoms with E-state index in [0.29, 0.717) is 19.2 Å². The number of rotatable bonds is 9. The van der Waals surface area contributed by atoms with Crippen LogP contribution in [0.3, 0.4) is 0 Å². The van der Waals surface area contributed by atoms with E-state index in [2.05, 4.69) is 32.2 Å². The summed E-state index contributed by atoms with van der Waals surface area (Å²) < 4.78 is 5.72. The van der Waals surface area contributed by atoms with Crippen LogP contribution in [-0.4, -0.2) is 30.4 Å². The Morgan fingerprint density at radius 3 is 2.52 bits per heavy atom. The van der Waals surface area contributed by atoms with Gasteiger partial charge < -0.3 is 15.2 Å². The third-order valence-corrected chi connectivity index (χ3v) is 3.65. The Balaban J connectivity index is 2.27. The van der Waals surface area contributed by atoms with Crippen molar-refractivity contribution >= 4 is 0 Å². The fraction of sp³-hybridized carbons (Fsp3) is 0.667. The Hall–Kier alpha value is -1.06. The molecule has 0 spiro atoms. The zero-order chi connectivity index (χ0) is 15.8. The molecule has 3 nitrogen and oxygen atoms in total. The first-order valence-electron chi connectivity index (χ1n) is 8.00. The number of hydrogen-bond acceptors (Lipinski definition) is 3. The maximum Gasteiger partial charge on any atom is 0.122 e. The van der Waals surface area contributed by atoms with Gasteiger partial charge in [0.1, 0.15) is 18.5 Å². The van der Waals surface area contributed by atoms with Crippen LogP contribution in [0.2, 0.25) is 0 Å². The summed E-state index contributed by atoms with van der Waals surface area (Å²) in [6.07, 6.45) is 1.87. The van der Waals surface area contributed by atoms with Crippen LogP contribution in [0, 0.1) is 19.8 Å². The highest BCUT2D eigenvalue weighted by Gasteiger charge is 2.09. The molecule has 1 rings (SSSR count). The number of hydrogen-bond donors (Lipinski definition) is 2. The Morgan fingerprint density at radius 1 is 1.14 bits per heavy atom. The van der Waals surface area contributed by atoms with Gasteiger partial charge in [-0.25, -0.2) is 0 Å². The van der Waals surface area contributed by atoms with Gasteiger partial charge in [-0.2, -0.15) is 0 Å². The topological polar surface area (TPSA) is 41.5 Å². The molecule has 120 valence electrons. The second-order valence-electron chi connectivity index (χ2n) is 6.51. The molecule has 2 N–H and O–H groups in total. The highest BCUT2D eigenvalue weighted by atomic mass is 16.5. The van der Waals surface area contributed by atoms with Crippen molar-refractivity contribution in [2.24, 2.45) is 5.92 Å². The Morgan fingerprint density at radius 2 is 1.86 bits per heavy atom. The third kappa shape index (κ3) is 7.49. The summed E-state index contributed by atoms with van der Waals surface area (Å²) in [5.74, 6) is 1.59. The van der Waals surface area contributed by atoms with Crippen LogP contribution in [0.1, 0.15) is 44.7 Å². The van der Waals surface area contributed by atoms with E-state index >= 15 is 0 Å². The SMILES string of the molecule is Cc1ccc(C)c(OCC(O)CNC(C)CCC(C)C)c1. The molecular weight excluding hydrogens is 262 g/mol. The van der Waals surface area contributed by atoms with Crippen LogP contribution in [-0.2, 0) is 0 Å². The maximum absolute atomic E-state index is 10.0. The molecule has 0 aliphatic carbocycles. The van der Waals surface area contributed by atoms with Crippen molar-refractivity contribution in [2.45, 2.75) is 59.6 Å². The minimum Gasteiger partial charge on any atom is -0.491 e. The highest BCUT2D eigenvalue weighted by Crippen LogP contribution is 2.19. The second kappa shape index (κ2) is 9.06. The number of nitrogens with one attached hydrogen (secondary N) is 1. The van der Waals surface area contributed by atoms with Gasteiger partial charge in [0.15, 0.2) is 0 Å². The molecule has 0 amide bonds. The molecule has 1 aromatic carbocycles. The van der Waals surface area contributed by atoms with Gasteiger partial charge in [0.05, 0.1) is 0 Å². The van der Waals surface area contributed by atoms with E-state index in [4.69, 9.17) is 4.74 Å². The number of aryl methyl sites for hydroxylation is 2. The fourth-order valence-electron chi connectivity index (χ4n) is 2.13. The third-order valence-electron chi connectivity index (χ3n) is 3.65. The maximum atomic E-state index is 10.0. The Kier molecular flexibility index (Phi) is 7.76. The van der Waals surface area contributed by atoms with Gasteiger partial charge in [-0.1, -0.05) is 26.0 Å². The van der Waals surface area contributed by atoms with Crippen molar-refractivity contribution in [2.75, 3.05) is 13.2 Å². The molecule has 2 unspecified atom stereocenters. The molecule has 0 fully saturated rings. The van der Waals surface area contributed by atoms with Gasteiger partial charge in [-0.15, -0.1) is 0 Å². The van der Waals surface area contributed by atoms with Crippen LogP contribution in [0.25, 0.3) is 0 Å². The normalized spacial score (nSPS) is 14.2. The zero-order valence-electron chi connectivity index (χ0n) is 14.1. The van der Waals surface area contributed by atoms with Crippen molar-refractivity contribution < 1.29 is 9.84 Å². The highest BCUT2D eigenvalue weighted by molar-refractivity contribution is 5.35. The Labute approximate surface area is 129 Å². The van der Waals surface area contributed by atoms with E-state index in [0.717, 1.165) is 23.7 Å². The average Bonchev–Trinajstić information content (AvgIpc) is 2.43. The van der Waals surface area contributed by atoms with Gasteiger partial charge >= 0.3 is 0 Å². The standard InChI is InChI=1S/C18H31NO2/c1-13(2)6-9-16(5)19-11-17(20)12-21-18-10-14(3)7-8-15(18)4/h7-8,10,13,16-17,19-20H,6,9,11-12H2,1-5H3. The molecule has 21 heavy (non-hydrogen) atoms. The van der Waals surface area contributed by atoms with Crippen LogP contribution in [0.5, 0.6) is 5.75 Å². The van der Waals surface area contributed by atoms with E-state index < -0.39 is 6.10 Å². The first kappa shape index (κ1) is 18.0. The lowest BCUT2D eigenvalue weighted by molar-refractivity contribution is 0.103. The molecular formula is C18H31NO2. The molecule has 0 saturated heterocycles. The monoisotopic (exact) mass is 293 g/mol. The smallest absolute Gasteiger partial charge is 0.122 e. The molecule has 0 bridgehead atoms. The molecule has 0 aliphatic heterocycles. The predicted octanol–water partition coefficient (Wildman–Crippen LogP) is 3.46. The summed E-state index contributed by atoms with van der Waals surface area (Å²) in [7, 11) is 0. The summed E-state index contributed by atoms with van der Waals surface area (Å²) in [5.41, 5.74) is 2.27. The average molecular weight is 293 g/mol. The molecule has 3 heteroatoms. The molecule has 0 aromatic heterocycles. The van der Waals surface area contributed by atoms with Crippen LogP contribution in [0.4, 0.5) is 0 Å². The fourth-order valence-corrected chi connectivity index (χ4v) is 2.13. The molecule has 0 aliphatic rings. The number of benzene rings is 1. The minimum absolute atomic E-state index is 0.328. The van der Waals surface area contributed by atoms with Crippen molar-refractivity contribution in [3.63, 3.8) is 0 Å². The molecule has 0 heterocycles. The zero-order valence-corrected chi connectivity index (χ0v) is 14.1. The predicted molar refractivity (Wildman–Crippen MR) is 89.0 cm³/mol. The van der Waals surface area contributed by atoms with Crippen LogP contribution < -0.4 is 10.1 Å². The first-order chi connectivity index (χ1) is 9.88. The van der Waals surface area contributed by atoms with Gasteiger partial charge in [0, 0.05) is 12.6 Å². The number of aliphatic hydroxyl groups is 1. The molecule has 0 radical (unpaired) electrons. The van der Waals surface area contributed by atoms with Crippen LogP contribution in [0.15, 0.2) is 18.2 Å². The molecule has 2 atom stereocenters. The van der Waals surface area contributed by atoms with E-state index in [-0.39, 0.29) is 0 Å². The first-order valence-corrected chi connectivity index (χ1v) is 8.00. The van der Waals surface area contributed by atoms with Crippen LogP contribution >= 0.6 is 0 Å². The van der Waals surface area contributed by atoms with E-state index in [9.17, 15) is 5.11 Å². The summed E-state index contributed by atoms with van der Waals surface area (Å²) in [4.78, 5) is 0. The summed E-state index contributed by atoms with van der Waals surface area (Å²) in [6.45, 7) is 11.6. The van der Waals surface area contributed by atoms with Gasteiger partial charge in [0.2, 0.25) is 0 Å². The Bertz CT molecular complexity index is 418. The van der Waals surface area contributed by atoms with Crippen molar-refractivity contribution in [3.8, 4) is 5.75 Å². The van der Waals surface area contributed by atoms with Gasteiger partial charge in [-0.3, -0.25) is 0 Å². The van der Waals surface area contributed by atoms with Crippen molar-refractivity contribution in [3.05, 3.63) is 29.3 Å². The lowest BCUT2D eigenvalue weighted by Gasteiger charge is -2.19. The second-order valence-corrected chi connectivity index (χ2v) is 6.51. The van der Waals surface area contributed by atoms with Gasteiger partial charge in [-0.05, 0) is 56.7 Å². The van der Waals surface area contributed by atoms with E-state index in [1.54, 1.807) is 0 Å².